The van der Waals surface area contributed by atoms with Gasteiger partial charge in [0.15, 0.2) is 0 Å². The Kier molecular flexibility index (Phi) is 4.79. The lowest BCUT2D eigenvalue weighted by atomic mass is 9.93. The second kappa shape index (κ2) is 5.89. The molecule has 84 valence electrons. The fourth-order valence-electron chi connectivity index (χ4n) is 2.07. The maximum Gasteiger partial charge on any atom is 0.0860 e. The molecular formula is C13H20O2. The fraction of sp³-hybridized carbons (Fsp3) is 0.538. The molecule has 0 aliphatic rings. The van der Waals surface area contributed by atoms with Crippen molar-refractivity contribution in [2.24, 2.45) is 0 Å². The van der Waals surface area contributed by atoms with Gasteiger partial charge in [-0.1, -0.05) is 31.5 Å². The molecule has 1 N–H and O–H groups in total. The van der Waals surface area contributed by atoms with Crippen LogP contribution in [0.5, 0.6) is 0 Å². The zero-order valence-corrected chi connectivity index (χ0v) is 9.84. The number of aryl methyl sites for hydroxylation is 3. The van der Waals surface area contributed by atoms with Gasteiger partial charge in [-0.2, -0.15) is 0 Å². The molecular weight excluding hydrogens is 188 g/mol. The molecule has 1 aromatic carbocycles. The summed E-state index contributed by atoms with van der Waals surface area (Å²) in [5.41, 5.74) is 5.42. The minimum atomic E-state index is 0.378. The van der Waals surface area contributed by atoms with E-state index in [-0.39, 0.29) is 0 Å². The van der Waals surface area contributed by atoms with Gasteiger partial charge in [-0.05, 0) is 42.9 Å². The topological polar surface area (TPSA) is 29.5 Å². The molecule has 0 radical (unpaired) electrons. The van der Waals surface area contributed by atoms with Crippen LogP contribution in [0.25, 0.3) is 0 Å². The molecule has 0 atom stereocenters. The highest BCUT2D eigenvalue weighted by Crippen LogP contribution is 2.19. The monoisotopic (exact) mass is 208 g/mol. The largest absolute Gasteiger partial charge is 0.252 e. The van der Waals surface area contributed by atoms with Crippen molar-refractivity contribution in [3.05, 3.63) is 34.4 Å². The van der Waals surface area contributed by atoms with E-state index in [2.05, 4.69) is 37.8 Å². The molecule has 0 amide bonds. The average molecular weight is 208 g/mol. The maximum atomic E-state index is 8.41. The van der Waals surface area contributed by atoms with E-state index in [9.17, 15) is 0 Å². The summed E-state index contributed by atoms with van der Waals surface area (Å²) in [7, 11) is 0. The zero-order chi connectivity index (χ0) is 11.3. The first-order valence-electron chi connectivity index (χ1n) is 5.60. The van der Waals surface area contributed by atoms with Crippen LogP contribution >= 0.6 is 0 Å². The molecule has 2 heteroatoms. The summed E-state index contributed by atoms with van der Waals surface area (Å²) in [5.74, 6) is 0. The van der Waals surface area contributed by atoms with Crippen molar-refractivity contribution in [1.82, 2.24) is 0 Å². The van der Waals surface area contributed by atoms with Gasteiger partial charge in [0.05, 0.1) is 6.61 Å². The normalized spacial score (nSPS) is 10.7. The second-order valence-electron chi connectivity index (χ2n) is 3.85. The third-order valence-electron chi connectivity index (χ3n) is 2.78. The van der Waals surface area contributed by atoms with E-state index in [0.29, 0.717) is 6.61 Å². The van der Waals surface area contributed by atoms with Crippen LogP contribution in [0.15, 0.2) is 12.1 Å². The third-order valence-corrected chi connectivity index (χ3v) is 2.78. The number of rotatable bonds is 5. The van der Waals surface area contributed by atoms with Gasteiger partial charge >= 0.3 is 0 Å². The highest BCUT2D eigenvalue weighted by Gasteiger charge is 2.07. The Bertz CT molecular complexity index is 293. The van der Waals surface area contributed by atoms with E-state index in [4.69, 9.17) is 5.26 Å². The maximum absolute atomic E-state index is 8.41. The SMILES string of the molecule is CCc1cc(C)cc(CC)c1CCOO. The molecule has 0 saturated carbocycles. The van der Waals surface area contributed by atoms with Gasteiger partial charge in [-0.25, -0.2) is 4.89 Å². The van der Waals surface area contributed by atoms with E-state index in [1.54, 1.807) is 0 Å². The molecule has 0 unspecified atom stereocenters. The summed E-state index contributed by atoms with van der Waals surface area (Å²) in [4.78, 5) is 4.17. The Morgan fingerprint density at radius 3 is 2.07 bits per heavy atom. The van der Waals surface area contributed by atoms with Gasteiger partial charge in [-0.15, -0.1) is 0 Å². The van der Waals surface area contributed by atoms with Crippen molar-refractivity contribution < 1.29 is 10.1 Å². The summed E-state index contributed by atoms with van der Waals surface area (Å²) in [6.45, 7) is 6.84. The molecule has 0 spiro atoms. The van der Waals surface area contributed by atoms with Gasteiger partial charge in [0.25, 0.3) is 0 Å². The van der Waals surface area contributed by atoms with Crippen molar-refractivity contribution in [3.63, 3.8) is 0 Å². The molecule has 0 aliphatic carbocycles. The Hall–Kier alpha value is -0.860. The van der Waals surface area contributed by atoms with Crippen molar-refractivity contribution in [2.75, 3.05) is 6.61 Å². The van der Waals surface area contributed by atoms with Gasteiger partial charge in [0.2, 0.25) is 0 Å². The first-order valence-corrected chi connectivity index (χ1v) is 5.60. The quantitative estimate of drug-likeness (QED) is 0.595. The first kappa shape index (κ1) is 12.2. The van der Waals surface area contributed by atoms with E-state index in [1.807, 2.05) is 0 Å². The van der Waals surface area contributed by atoms with E-state index >= 15 is 0 Å². The van der Waals surface area contributed by atoms with Crippen LogP contribution in [0.4, 0.5) is 0 Å². The predicted molar refractivity (Wildman–Crippen MR) is 62.2 cm³/mol. The Balaban J connectivity index is 3.06. The first-order chi connectivity index (χ1) is 7.22. The van der Waals surface area contributed by atoms with Crippen molar-refractivity contribution in [2.45, 2.75) is 40.0 Å². The predicted octanol–water partition coefficient (Wildman–Crippen LogP) is 3.15. The highest BCUT2D eigenvalue weighted by atomic mass is 17.1. The second-order valence-corrected chi connectivity index (χ2v) is 3.85. The molecule has 1 rings (SSSR count). The molecule has 0 aliphatic heterocycles. The lowest BCUT2D eigenvalue weighted by Crippen LogP contribution is -2.04. The number of hydrogen-bond acceptors (Lipinski definition) is 2. The minimum Gasteiger partial charge on any atom is -0.252 e. The van der Waals surface area contributed by atoms with Crippen LogP contribution in [-0.4, -0.2) is 11.9 Å². The summed E-state index contributed by atoms with van der Waals surface area (Å²) in [6, 6.07) is 4.46. The summed E-state index contributed by atoms with van der Waals surface area (Å²) < 4.78 is 0. The molecule has 15 heavy (non-hydrogen) atoms. The van der Waals surface area contributed by atoms with Gasteiger partial charge in [0.1, 0.15) is 0 Å². The van der Waals surface area contributed by atoms with Crippen molar-refractivity contribution >= 4 is 0 Å². The third kappa shape index (κ3) is 3.05. The van der Waals surface area contributed by atoms with Gasteiger partial charge in [-0.3, -0.25) is 5.26 Å². The molecule has 0 fully saturated rings. The summed E-state index contributed by atoms with van der Waals surface area (Å²) in [5, 5.41) is 8.41. The molecule has 0 bridgehead atoms. The van der Waals surface area contributed by atoms with Crippen LogP contribution in [-0.2, 0) is 24.2 Å². The molecule has 1 aromatic rings. The highest BCUT2D eigenvalue weighted by molar-refractivity contribution is 5.39. The summed E-state index contributed by atoms with van der Waals surface area (Å²) in [6.07, 6.45) is 2.87. The van der Waals surface area contributed by atoms with E-state index in [1.165, 1.54) is 22.3 Å². The van der Waals surface area contributed by atoms with Crippen LogP contribution in [0.3, 0.4) is 0 Å². The smallest absolute Gasteiger partial charge is 0.0860 e. The number of benzene rings is 1. The van der Waals surface area contributed by atoms with Crippen LogP contribution in [0.1, 0.15) is 36.1 Å². The molecule has 0 heterocycles. The van der Waals surface area contributed by atoms with Gasteiger partial charge < -0.3 is 0 Å². The molecule has 0 saturated heterocycles. The zero-order valence-electron chi connectivity index (χ0n) is 9.84. The Morgan fingerprint density at radius 2 is 1.67 bits per heavy atom. The van der Waals surface area contributed by atoms with Crippen molar-refractivity contribution in [3.8, 4) is 0 Å². The van der Waals surface area contributed by atoms with E-state index < -0.39 is 0 Å². The standard InChI is InChI=1S/C13H20O2/c1-4-11-8-10(3)9-12(5-2)13(11)6-7-15-14/h8-9,14H,4-7H2,1-3H3. The fourth-order valence-corrected chi connectivity index (χ4v) is 2.07. The Morgan fingerprint density at radius 1 is 1.13 bits per heavy atom. The summed E-state index contributed by atoms with van der Waals surface area (Å²) >= 11 is 0. The Labute approximate surface area is 91.8 Å². The molecule has 2 nitrogen and oxygen atoms in total. The van der Waals surface area contributed by atoms with Crippen LogP contribution in [0, 0.1) is 6.92 Å². The lowest BCUT2D eigenvalue weighted by molar-refractivity contribution is -0.241. The minimum absolute atomic E-state index is 0.378. The number of hydrogen-bond donors (Lipinski definition) is 1. The van der Waals surface area contributed by atoms with E-state index in [0.717, 1.165) is 19.3 Å². The van der Waals surface area contributed by atoms with Crippen LogP contribution in [0.2, 0.25) is 0 Å². The molecule has 0 aromatic heterocycles. The average Bonchev–Trinajstić information content (AvgIpc) is 2.26. The van der Waals surface area contributed by atoms with Gasteiger partial charge in [0, 0.05) is 0 Å². The van der Waals surface area contributed by atoms with Crippen LogP contribution < -0.4 is 0 Å². The van der Waals surface area contributed by atoms with Crippen molar-refractivity contribution in [1.29, 1.82) is 0 Å². The lowest BCUT2D eigenvalue weighted by Gasteiger charge is -2.13.